The Balaban J connectivity index is 1.81. The van der Waals surface area contributed by atoms with E-state index >= 15 is 0 Å². The monoisotopic (exact) mass is 224 g/mol. The quantitative estimate of drug-likeness (QED) is 0.565. The topological polar surface area (TPSA) is 0 Å². The van der Waals surface area contributed by atoms with Gasteiger partial charge < -0.3 is 0 Å². The highest BCUT2D eigenvalue weighted by Gasteiger charge is 2.36. The number of hydrogen-bond donors (Lipinski definition) is 0. The molecule has 0 amide bonds. The highest BCUT2D eigenvalue weighted by molar-refractivity contribution is 5.49. The van der Waals surface area contributed by atoms with Crippen molar-refractivity contribution in [1.82, 2.24) is 0 Å². The van der Waals surface area contributed by atoms with Crippen molar-refractivity contribution in [3.8, 4) is 0 Å². The first kappa shape index (κ1) is 9.94. The van der Waals surface area contributed by atoms with Crippen LogP contribution in [0, 0.1) is 5.92 Å². The molecule has 0 N–H and O–H groups in total. The lowest BCUT2D eigenvalue weighted by Gasteiger charge is -2.34. The normalized spacial score (nSPS) is 30.8. The van der Waals surface area contributed by atoms with Gasteiger partial charge in [-0.05, 0) is 55.6 Å². The van der Waals surface area contributed by atoms with Crippen molar-refractivity contribution in [2.24, 2.45) is 5.92 Å². The second-order valence-electron chi connectivity index (χ2n) is 6.00. The van der Waals surface area contributed by atoms with Crippen molar-refractivity contribution in [2.45, 2.75) is 50.9 Å². The molecule has 0 bridgehead atoms. The molecule has 17 heavy (non-hydrogen) atoms. The predicted octanol–water partition coefficient (Wildman–Crippen LogP) is 4.61. The summed E-state index contributed by atoms with van der Waals surface area (Å²) in [7, 11) is 0. The van der Waals surface area contributed by atoms with Gasteiger partial charge in [0, 0.05) is 5.92 Å². The average molecular weight is 224 g/mol. The SMILES string of the molecule is c1ccc2c(c1)CC1=C3CCCCC3CCC12. The molecule has 1 aromatic carbocycles. The zero-order valence-corrected chi connectivity index (χ0v) is 10.4. The van der Waals surface area contributed by atoms with E-state index in [2.05, 4.69) is 24.3 Å². The number of rotatable bonds is 0. The Morgan fingerprint density at radius 1 is 0.882 bits per heavy atom. The molecule has 1 fully saturated rings. The predicted molar refractivity (Wildman–Crippen MR) is 71.1 cm³/mol. The highest BCUT2D eigenvalue weighted by Crippen LogP contribution is 2.51. The third-order valence-electron chi connectivity index (χ3n) is 5.19. The van der Waals surface area contributed by atoms with Gasteiger partial charge in [0.05, 0.1) is 0 Å². The molecule has 0 saturated heterocycles. The van der Waals surface area contributed by atoms with Crippen LogP contribution < -0.4 is 0 Å². The van der Waals surface area contributed by atoms with Crippen molar-refractivity contribution in [3.05, 3.63) is 46.5 Å². The van der Waals surface area contributed by atoms with E-state index in [4.69, 9.17) is 0 Å². The van der Waals surface area contributed by atoms with Crippen LogP contribution in [0.5, 0.6) is 0 Å². The van der Waals surface area contributed by atoms with Crippen molar-refractivity contribution in [1.29, 1.82) is 0 Å². The maximum absolute atomic E-state index is 2.37. The lowest BCUT2D eigenvalue weighted by Crippen LogP contribution is -2.19. The van der Waals surface area contributed by atoms with Gasteiger partial charge in [-0.3, -0.25) is 0 Å². The molecule has 88 valence electrons. The summed E-state index contributed by atoms with van der Waals surface area (Å²) >= 11 is 0. The van der Waals surface area contributed by atoms with E-state index < -0.39 is 0 Å². The van der Waals surface area contributed by atoms with E-state index in [1.807, 2.05) is 11.1 Å². The van der Waals surface area contributed by atoms with E-state index in [0.29, 0.717) is 0 Å². The molecular formula is C17H20. The molecule has 0 spiro atoms. The van der Waals surface area contributed by atoms with E-state index in [1.165, 1.54) is 44.9 Å². The minimum atomic E-state index is 0.801. The standard InChI is InChI=1S/C17H20/c1-3-7-14-12(5-1)9-10-16-15-8-4-2-6-13(15)11-17(14)16/h2,4,6,8,12,16H,1,3,5,7,9-11H2. The molecule has 0 nitrogen and oxygen atoms in total. The third kappa shape index (κ3) is 1.43. The van der Waals surface area contributed by atoms with Gasteiger partial charge in [-0.2, -0.15) is 0 Å². The summed E-state index contributed by atoms with van der Waals surface area (Å²) in [6.07, 6.45) is 9.94. The van der Waals surface area contributed by atoms with Gasteiger partial charge in [-0.15, -0.1) is 0 Å². The van der Waals surface area contributed by atoms with Gasteiger partial charge in [-0.1, -0.05) is 41.8 Å². The fourth-order valence-electron chi connectivity index (χ4n) is 4.41. The van der Waals surface area contributed by atoms with E-state index in [-0.39, 0.29) is 0 Å². The molecule has 3 aliphatic rings. The fourth-order valence-corrected chi connectivity index (χ4v) is 4.41. The van der Waals surface area contributed by atoms with Crippen LogP contribution >= 0.6 is 0 Å². The molecule has 0 radical (unpaired) electrons. The Labute approximate surface area is 104 Å². The first-order valence-electron chi connectivity index (χ1n) is 7.23. The molecule has 3 aliphatic carbocycles. The smallest absolute Gasteiger partial charge is 0.00573 e. The molecule has 0 heteroatoms. The Hall–Kier alpha value is -1.04. The van der Waals surface area contributed by atoms with Gasteiger partial charge in [0.15, 0.2) is 0 Å². The second kappa shape index (κ2) is 3.73. The molecule has 4 rings (SSSR count). The van der Waals surface area contributed by atoms with Crippen molar-refractivity contribution in [3.63, 3.8) is 0 Å². The number of allylic oxidation sites excluding steroid dienone is 2. The van der Waals surface area contributed by atoms with Crippen LogP contribution in [0.4, 0.5) is 0 Å². The van der Waals surface area contributed by atoms with Crippen LogP contribution in [0.15, 0.2) is 35.4 Å². The molecule has 1 saturated carbocycles. The van der Waals surface area contributed by atoms with Crippen LogP contribution in [0.25, 0.3) is 0 Å². The average Bonchev–Trinajstić information content (AvgIpc) is 2.78. The van der Waals surface area contributed by atoms with Crippen molar-refractivity contribution < 1.29 is 0 Å². The Morgan fingerprint density at radius 3 is 2.82 bits per heavy atom. The van der Waals surface area contributed by atoms with Crippen LogP contribution in [0.2, 0.25) is 0 Å². The zero-order chi connectivity index (χ0) is 11.2. The van der Waals surface area contributed by atoms with Crippen LogP contribution in [-0.4, -0.2) is 0 Å². The second-order valence-corrected chi connectivity index (χ2v) is 6.00. The number of hydrogen-bond acceptors (Lipinski definition) is 0. The Morgan fingerprint density at radius 2 is 1.82 bits per heavy atom. The third-order valence-corrected chi connectivity index (χ3v) is 5.19. The maximum Gasteiger partial charge on any atom is 0.00573 e. The summed E-state index contributed by atoms with van der Waals surface area (Å²) < 4.78 is 0. The summed E-state index contributed by atoms with van der Waals surface area (Å²) in [6.45, 7) is 0. The minimum absolute atomic E-state index is 0.801. The maximum atomic E-state index is 2.37. The van der Waals surface area contributed by atoms with Gasteiger partial charge in [0.2, 0.25) is 0 Å². The highest BCUT2D eigenvalue weighted by atomic mass is 14.4. The Bertz CT molecular complexity index is 481. The van der Waals surface area contributed by atoms with Gasteiger partial charge in [0.25, 0.3) is 0 Å². The molecular weight excluding hydrogens is 204 g/mol. The summed E-state index contributed by atoms with van der Waals surface area (Å²) in [5.41, 5.74) is 6.98. The van der Waals surface area contributed by atoms with Gasteiger partial charge in [0.1, 0.15) is 0 Å². The molecule has 0 aliphatic heterocycles. The molecule has 2 unspecified atom stereocenters. The summed E-state index contributed by atoms with van der Waals surface area (Å²) in [4.78, 5) is 0. The van der Waals surface area contributed by atoms with Crippen LogP contribution in [0.1, 0.15) is 55.6 Å². The van der Waals surface area contributed by atoms with Gasteiger partial charge in [-0.25, -0.2) is 0 Å². The lowest BCUT2D eigenvalue weighted by atomic mass is 9.71. The first-order chi connectivity index (χ1) is 8.43. The van der Waals surface area contributed by atoms with E-state index in [1.54, 1.807) is 11.1 Å². The fraction of sp³-hybridized carbons (Fsp3) is 0.529. The van der Waals surface area contributed by atoms with Crippen LogP contribution in [-0.2, 0) is 6.42 Å². The van der Waals surface area contributed by atoms with E-state index in [9.17, 15) is 0 Å². The summed E-state index contributed by atoms with van der Waals surface area (Å²) in [5, 5.41) is 0. The van der Waals surface area contributed by atoms with Crippen LogP contribution in [0.3, 0.4) is 0 Å². The van der Waals surface area contributed by atoms with E-state index in [0.717, 1.165) is 11.8 Å². The largest absolute Gasteiger partial charge is 0.0670 e. The minimum Gasteiger partial charge on any atom is -0.0670 e. The number of benzene rings is 1. The van der Waals surface area contributed by atoms with Gasteiger partial charge >= 0.3 is 0 Å². The Kier molecular flexibility index (Phi) is 2.18. The molecule has 1 aromatic rings. The lowest BCUT2D eigenvalue weighted by molar-refractivity contribution is 0.380. The first-order valence-corrected chi connectivity index (χ1v) is 7.23. The summed E-state index contributed by atoms with van der Waals surface area (Å²) in [6, 6.07) is 9.15. The van der Waals surface area contributed by atoms with Crippen molar-refractivity contribution in [2.75, 3.05) is 0 Å². The summed E-state index contributed by atoms with van der Waals surface area (Å²) in [5.74, 6) is 1.76. The molecule has 2 atom stereocenters. The molecule has 0 heterocycles. The van der Waals surface area contributed by atoms with Crippen molar-refractivity contribution >= 4 is 0 Å². The number of fused-ring (bicyclic) bond motifs is 4. The zero-order valence-electron chi connectivity index (χ0n) is 10.4. The molecule has 0 aromatic heterocycles.